The van der Waals surface area contributed by atoms with Crippen LogP contribution in [-0.2, 0) is 19.3 Å². The first-order valence-electron chi connectivity index (χ1n) is 12.7. The van der Waals surface area contributed by atoms with Crippen molar-refractivity contribution in [3.8, 4) is 0 Å². The molecule has 3 heteroatoms. The quantitative estimate of drug-likeness (QED) is 0.403. The Bertz CT molecular complexity index is 869. The summed E-state index contributed by atoms with van der Waals surface area (Å²) < 4.78 is 0. The standard InChI is InChI=1S/C29H40N2O/c1-2-3-4-5-13-27(32)14-9-18-30-19-21-31(22-20-30)29-15-8-12-26-23-25-11-7-6-10-24(25)16-17-28(26)29/h2,6-8,10-12,15,27,32H,1,3-5,9,13-14,16-23H2. The molecule has 172 valence electrons. The molecule has 1 N–H and O–H groups in total. The van der Waals surface area contributed by atoms with Crippen LogP contribution in [0.15, 0.2) is 55.1 Å². The highest BCUT2D eigenvalue weighted by atomic mass is 16.3. The number of hydrogen-bond donors (Lipinski definition) is 1. The number of rotatable bonds is 10. The maximum absolute atomic E-state index is 10.2. The fourth-order valence-corrected chi connectivity index (χ4v) is 5.39. The molecule has 1 heterocycles. The number of aliphatic hydroxyl groups is 1. The lowest BCUT2D eigenvalue weighted by molar-refractivity contribution is 0.140. The Morgan fingerprint density at radius 3 is 2.41 bits per heavy atom. The van der Waals surface area contributed by atoms with Crippen molar-refractivity contribution in [2.45, 2.75) is 63.9 Å². The Morgan fingerprint density at radius 2 is 1.59 bits per heavy atom. The van der Waals surface area contributed by atoms with E-state index in [-0.39, 0.29) is 6.10 Å². The molecule has 1 aliphatic heterocycles. The molecule has 0 radical (unpaired) electrons. The van der Waals surface area contributed by atoms with Gasteiger partial charge in [0.15, 0.2) is 0 Å². The minimum atomic E-state index is -0.134. The number of allylic oxidation sites excluding steroid dienone is 1. The van der Waals surface area contributed by atoms with E-state index in [4.69, 9.17) is 0 Å². The summed E-state index contributed by atoms with van der Waals surface area (Å²) in [5.41, 5.74) is 7.55. The van der Waals surface area contributed by atoms with E-state index in [1.165, 1.54) is 22.4 Å². The summed E-state index contributed by atoms with van der Waals surface area (Å²) >= 11 is 0. The molecule has 3 nitrogen and oxygen atoms in total. The van der Waals surface area contributed by atoms with Crippen LogP contribution in [0.3, 0.4) is 0 Å². The summed E-state index contributed by atoms with van der Waals surface area (Å²) in [6.45, 7) is 9.33. The maximum atomic E-state index is 10.2. The lowest BCUT2D eigenvalue weighted by Gasteiger charge is -2.37. The highest BCUT2D eigenvalue weighted by Crippen LogP contribution is 2.32. The van der Waals surface area contributed by atoms with Crippen molar-refractivity contribution in [2.24, 2.45) is 0 Å². The second-order valence-corrected chi connectivity index (χ2v) is 9.56. The van der Waals surface area contributed by atoms with E-state index in [9.17, 15) is 5.11 Å². The maximum Gasteiger partial charge on any atom is 0.0540 e. The molecule has 1 aliphatic carbocycles. The number of anilines is 1. The summed E-state index contributed by atoms with van der Waals surface area (Å²) in [4.78, 5) is 5.19. The van der Waals surface area contributed by atoms with Crippen molar-refractivity contribution in [2.75, 3.05) is 37.6 Å². The highest BCUT2D eigenvalue weighted by Gasteiger charge is 2.22. The summed E-state index contributed by atoms with van der Waals surface area (Å²) in [5, 5.41) is 10.2. The molecule has 1 saturated heterocycles. The Hall–Kier alpha value is -2.10. The van der Waals surface area contributed by atoms with Crippen molar-refractivity contribution < 1.29 is 5.11 Å². The van der Waals surface area contributed by atoms with Crippen molar-refractivity contribution in [3.63, 3.8) is 0 Å². The third kappa shape index (κ3) is 6.02. The molecule has 1 fully saturated rings. The van der Waals surface area contributed by atoms with Gasteiger partial charge in [-0.25, -0.2) is 0 Å². The van der Waals surface area contributed by atoms with Gasteiger partial charge in [0.25, 0.3) is 0 Å². The average molecular weight is 433 g/mol. The molecule has 2 aromatic carbocycles. The molecule has 0 aromatic heterocycles. The molecule has 32 heavy (non-hydrogen) atoms. The predicted molar refractivity (Wildman–Crippen MR) is 136 cm³/mol. The van der Waals surface area contributed by atoms with Crippen LogP contribution < -0.4 is 4.90 Å². The lowest BCUT2D eigenvalue weighted by atomic mass is 9.98. The van der Waals surface area contributed by atoms with Gasteiger partial charge in [-0.1, -0.05) is 48.9 Å². The molecule has 4 rings (SSSR count). The molecular formula is C29H40N2O. The highest BCUT2D eigenvalue weighted by molar-refractivity contribution is 5.59. The Kier molecular flexibility index (Phi) is 8.42. The van der Waals surface area contributed by atoms with E-state index in [0.717, 1.165) is 90.5 Å². The van der Waals surface area contributed by atoms with Gasteiger partial charge in [-0.15, -0.1) is 6.58 Å². The van der Waals surface area contributed by atoms with Gasteiger partial charge in [0, 0.05) is 31.9 Å². The van der Waals surface area contributed by atoms with Gasteiger partial charge < -0.3 is 10.0 Å². The number of benzene rings is 2. The smallest absolute Gasteiger partial charge is 0.0540 e. The van der Waals surface area contributed by atoms with Crippen LogP contribution in [0.5, 0.6) is 0 Å². The van der Waals surface area contributed by atoms with Gasteiger partial charge in [-0.3, -0.25) is 4.90 Å². The first-order valence-corrected chi connectivity index (χ1v) is 12.7. The molecule has 1 unspecified atom stereocenters. The lowest BCUT2D eigenvalue weighted by Crippen LogP contribution is -2.47. The molecular weight excluding hydrogens is 392 g/mol. The molecule has 0 amide bonds. The number of unbranched alkanes of at least 4 members (excludes halogenated alkanes) is 2. The average Bonchev–Trinajstić information content (AvgIpc) is 3.02. The van der Waals surface area contributed by atoms with Crippen LogP contribution in [0.25, 0.3) is 0 Å². The number of piperazine rings is 1. The van der Waals surface area contributed by atoms with Crippen molar-refractivity contribution in [3.05, 3.63) is 77.4 Å². The summed E-state index contributed by atoms with van der Waals surface area (Å²) in [5.74, 6) is 0. The number of aryl methyl sites for hydroxylation is 1. The Balaban J connectivity index is 1.26. The van der Waals surface area contributed by atoms with Crippen molar-refractivity contribution >= 4 is 5.69 Å². The fourth-order valence-electron chi connectivity index (χ4n) is 5.39. The number of hydrogen-bond acceptors (Lipinski definition) is 3. The van der Waals surface area contributed by atoms with Gasteiger partial charge in [-0.2, -0.15) is 0 Å². The predicted octanol–water partition coefficient (Wildman–Crippen LogP) is 5.39. The van der Waals surface area contributed by atoms with Gasteiger partial charge in [-0.05, 0) is 86.2 Å². The summed E-state index contributed by atoms with van der Waals surface area (Å²) in [7, 11) is 0. The summed E-state index contributed by atoms with van der Waals surface area (Å²) in [6, 6.07) is 15.9. The monoisotopic (exact) mass is 432 g/mol. The van der Waals surface area contributed by atoms with Crippen molar-refractivity contribution in [1.82, 2.24) is 4.90 Å². The molecule has 2 aliphatic rings. The van der Waals surface area contributed by atoms with Gasteiger partial charge in [0.1, 0.15) is 0 Å². The van der Waals surface area contributed by atoms with Crippen LogP contribution in [0.2, 0.25) is 0 Å². The third-order valence-corrected chi connectivity index (χ3v) is 7.31. The van der Waals surface area contributed by atoms with Crippen LogP contribution in [0.1, 0.15) is 60.8 Å². The van der Waals surface area contributed by atoms with Crippen LogP contribution in [0.4, 0.5) is 5.69 Å². The third-order valence-electron chi connectivity index (χ3n) is 7.31. The van der Waals surface area contributed by atoms with E-state index < -0.39 is 0 Å². The first kappa shape index (κ1) is 23.1. The second-order valence-electron chi connectivity index (χ2n) is 9.56. The summed E-state index contributed by atoms with van der Waals surface area (Å²) in [6.07, 6.45) is 11.5. The van der Waals surface area contributed by atoms with Gasteiger partial charge >= 0.3 is 0 Å². The molecule has 1 atom stereocenters. The zero-order chi connectivity index (χ0) is 22.2. The van der Waals surface area contributed by atoms with E-state index in [1.54, 1.807) is 5.56 Å². The van der Waals surface area contributed by atoms with E-state index in [2.05, 4.69) is 58.8 Å². The first-order chi connectivity index (χ1) is 15.7. The number of fused-ring (bicyclic) bond motifs is 2. The SMILES string of the molecule is C=CCCCCC(O)CCCN1CCN(c2cccc3c2CCc2ccccc2C3)CC1. The zero-order valence-electron chi connectivity index (χ0n) is 19.6. The van der Waals surface area contributed by atoms with Crippen molar-refractivity contribution in [1.29, 1.82) is 0 Å². The van der Waals surface area contributed by atoms with Gasteiger partial charge in [0.05, 0.1) is 6.10 Å². The molecule has 0 bridgehead atoms. The minimum Gasteiger partial charge on any atom is -0.393 e. The molecule has 2 aromatic rings. The fraction of sp³-hybridized carbons (Fsp3) is 0.517. The topological polar surface area (TPSA) is 26.7 Å². The largest absolute Gasteiger partial charge is 0.393 e. The number of aliphatic hydroxyl groups excluding tert-OH is 1. The van der Waals surface area contributed by atoms with E-state index >= 15 is 0 Å². The number of nitrogens with zero attached hydrogens (tertiary/aromatic N) is 2. The molecule has 0 saturated carbocycles. The minimum absolute atomic E-state index is 0.134. The van der Waals surface area contributed by atoms with E-state index in [0.29, 0.717) is 0 Å². The zero-order valence-corrected chi connectivity index (χ0v) is 19.6. The normalized spacial score (nSPS) is 17.3. The molecule has 0 spiro atoms. The second kappa shape index (κ2) is 11.7. The van der Waals surface area contributed by atoms with Crippen LogP contribution in [0, 0.1) is 0 Å². The van der Waals surface area contributed by atoms with Gasteiger partial charge in [0.2, 0.25) is 0 Å². The van der Waals surface area contributed by atoms with E-state index in [1.807, 2.05) is 6.08 Å². The van der Waals surface area contributed by atoms with Crippen LogP contribution >= 0.6 is 0 Å². The Labute approximate surface area is 194 Å². The van der Waals surface area contributed by atoms with Crippen LogP contribution in [-0.4, -0.2) is 48.8 Å². The Morgan fingerprint density at radius 1 is 0.844 bits per heavy atom.